The van der Waals surface area contributed by atoms with Crippen molar-refractivity contribution in [3.63, 3.8) is 0 Å². The van der Waals surface area contributed by atoms with Crippen molar-refractivity contribution >= 4 is 5.91 Å². The highest BCUT2D eigenvalue weighted by Gasteiger charge is 2.30. The van der Waals surface area contributed by atoms with Gasteiger partial charge >= 0.3 is 0 Å². The number of aryl methyl sites for hydroxylation is 1. The molecule has 6 nitrogen and oxygen atoms in total. The molecule has 1 aliphatic heterocycles. The van der Waals surface area contributed by atoms with Gasteiger partial charge in [0, 0.05) is 6.07 Å². The second kappa shape index (κ2) is 6.36. The lowest BCUT2D eigenvalue weighted by Crippen LogP contribution is -2.38. The second-order valence-electron chi connectivity index (χ2n) is 5.80. The minimum Gasteiger partial charge on any atom is -0.467 e. The molecule has 2 aromatic rings. The maximum absolute atomic E-state index is 12.2. The molecule has 3 heterocycles. The van der Waals surface area contributed by atoms with Crippen LogP contribution in [0.25, 0.3) is 0 Å². The van der Waals surface area contributed by atoms with Gasteiger partial charge in [-0.25, -0.2) is 0 Å². The van der Waals surface area contributed by atoms with Crippen molar-refractivity contribution in [3.8, 4) is 0 Å². The molecule has 1 saturated heterocycles. The van der Waals surface area contributed by atoms with Crippen LogP contribution in [0.4, 0.5) is 0 Å². The highest BCUT2D eigenvalue weighted by Crippen LogP contribution is 2.31. The third kappa shape index (κ3) is 3.22. The number of rotatable bonds is 5. The van der Waals surface area contributed by atoms with E-state index in [0.29, 0.717) is 6.54 Å². The first-order chi connectivity index (χ1) is 10.6. The Labute approximate surface area is 129 Å². The van der Waals surface area contributed by atoms with Crippen molar-refractivity contribution < 1.29 is 13.7 Å². The molecule has 0 saturated carbocycles. The van der Waals surface area contributed by atoms with Crippen molar-refractivity contribution in [1.29, 1.82) is 0 Å². The van der Waals surface area contributed by atoms with Crippen LogP contribution in [-0.4, -0.2) is 29.1 Å². The molecule has 118 valence electrons. The van der Waals surface area contributed by atoms with Crippen molar-refractivity contribution in [2.24, 2.45) is 0 Å². The molecular weight excluding hydrogens is 282 g/mol. The van der Waals surface area contributed by atoms with Crippen LogP contribution in [0.1, 0.15) is 49.1 Å². The van der Waals surface area contributed by atoms with Gasteiger partial charge in [0.1, 0.15) is 17.2 Å². The van der Waals surface area contributed by atoms with E-state index >= 15 is 0 Å². The number of furan rings is 1. The molecular formula is C16H21N3O3. The molecule has 6 heteroatoms. The van der Waals surface area contributed by atoms with Crippen molar-refractivity contribution in [1.82, 2.24) is 15.4 Å². The van der Waals surface area contributed by atoms with E-state index in [2.05, 4.69) is 15.4 Å². The Kier molecular flexibility index (Phi) is 4.29. The minimum atomic E-state index is -0.127. The van der Waals surface area contributed by atoms with E-state index in [4.69, 9.17) is 8.94 Å². The highest BCUT2D eigenvalue weighted by molar-refractivity contribution is 5.78. The number of carbonyl (C=O) groups excluding carboxylic acids is 1. The van der Waals surface area contributed by atoms with E-state index in [1.165, 1.54) is 0 Å². The van der Waals surface area contributed by atoms with E-state index in [1.807, 2.05) is 32.0 Å². The van der Waals surface area contributed by atoms with Crippen LogP contribution in [0.5, 0.6) is 0 Å². The number of carbonyl (C=O) groups is 1. The number of hydrogen-bond donors (Lipinski definition) is 1. The average molecular weight is 303 g/mol. The molecule has 0 unspecified atom stereocenters. The van der Waals surface area contributed by atoms with Crippen molar-refractivity contribution in [2.45, 2.75) is 38.8 Å². The Morgan fingerprint density at radius 2 is 2.45 bits per heavy atom. The fraction of sp³-hybridized carbons (Fsp3) is 0.500. The summed E-state index contributed by atoms with van der Waals surface area (Å²) in [6.07, 6.45) is 3.69. The third-order valence-electron chi connectivity index (χ3n) is 4.05. The number of nitrogens with zero attached hydrogens (tertiary/aromatic N) is 2. The quantitative estimate of drug-likeness (QED) is 0.919. The van der Waals surface area contributed by atoms with Gasteiger partial charge in [-0.3, -0.25) is 9.69 Å². The second-order valence-corrected chi connectivity index (χ2v) is 5.80. The molecule has 0 spiro atoms. The maximum Gasteiger partial charge on any atom is 0.234 e. The van der Waals surface area contributed by atoms with Gasteiger partial charge in [-0.15, -0.1) is 0 Å². The van der Waals surface area contributed by atoms with Crippen LogP contribution in [0, 0.1) is 6.92 Å². The summed E-state index contributed by atoms with van der Waals surface area (Å²) in [7, 11) is 0. The number of aromatic nitrogens is 1. The fourth-order valence-electron chi connectivity index (χ4n) is 2.97. The number of nitrogens with one attached hydrogen (secondary N) is 1. The molecule has 3 rings (SSSR count). The molecule has 22 heavy (non-hydrogen) atoms. The van der Waals surface area contributed by atoms with Crippen LogP contribution >= 0.6 is 0 Å². The van der Waals surface area contributed by atoms with Gasteiger partial charge in [-0.05, 0) is 45.4 Å². The summed E-state index contributed by atoms with van der Waals surface area (Å²) in [5.41, 5.74) is 0.918. The largest absolute Gasteiger partial charge is 0.467 e. The Bertz CT molecular complexity index is 620. The Morgan fingerprint density at radius 1 is 1.59 bits per heavy atom. The molecule has 1 N–H and O–H groups in total. The van der Waals surface area contributed by atoms with Crippen LogP contribution in [-0.2, 0) is 4.79 Å². The summed E-state index contributed by atoms with van der Waals surface area (Å²) < 4.78 is 10.5. The molecule has 1 aliphatic rings. The summed E-state index contributed by atoms with van der Waals surface area (Å²) in [6, 6.07) is 5.68. The van der Waals surface area contributed by atoms with E-state index in [-0.39, 0.29) is 18.0 Å². The predicted octanol–water partition coefficient (Wildman–Crippen LogP) is 2.59. The van der Waals surface area contributed by atoms with Gasteiger partial charge in [0.2, 0.25) is 5.91 Å². The summed E-state index contributed by atoms with van der Waals surface area (Å²) in [4.78, 5) is 14.4. The normalized spacial score (nSPS) is 20.2. The van der Waals surface area contributed by atoms with Gasteiger partial charge in [0.25, 0.3) is 0 Å². The number of hydrogen-bond acceptors (Lipinski definition) is 5. The molecule has 2 aromatic heterocycles. The van der Waals surface area contributed by atoms with Crippen LogP contribution in [0.2, 0.25) is 0 Å². The first-order valence-electron chi connectivity index (χ1n) is 7.63. The Hall–Kier alpha value is -2.08. The lowest BCUT2D eigenvalue weighted by Gasteiger charge is -2.22. The summed E-state index contributed by atoms with van der Waals surface area (Å²) >= 11 is 0. The lowest BCUT2D eigenvalue weighted by molar-refractivity contribution is -0.123. The van der Waals surface area contributed by atoms with Gasteiger partial charge in [0.15, 0.2) is 0 Å². The monoisotopic (exact) mass is 303 g/mol. The fourth-order valence-corrected chi connectivity index (χ4v) is 2.97. The van der Waals surface area contributed by atoms with Crippen molar-refractivity contribution in [2.75, 3.05) is 13.1 Å². The zero-order valence-electron chi connectivity index (χ0n) is 12.9. The SMILES string of the molecule is Cc1cc([C@H]2CCCN2CC(=O)N[C@H](C)c2ccco2)no1. The predicted molar refractivity (Wildman–Crippen MR) is 80.1 cm³/mol. The number of amides is 1. The summed E-state index contributed by atoms with van der Waals surface area (Å²) in [5.74, 6) is 1.56. The average Bonchev–Trinajstić information content (AvgIpc) is 3.18. The molecule has 1 amide bonds. The van der Waals surface area contributed by atoms with Gasteiger partial charge < -0.3 is 14.3 Å². The first kappa shape index (κ1) is 14.8. The minimum absolute atomic E-state index is 0.00369. The molecule has 0 aliphatic carbocycles. The molecule has 1 fully saturated rings. The summed E-state index contributed by atoms with van der Waals surface area (Å²) in [6.45, 7) is 5.06. The van der Waals surface area contributed by atoms with Crippen LogP contribution < -0.4 is 5.32 Å². The standard InChI is InChI=1S/C16H21N3O3/c1-11-9-13(18-22-11)14-5-3-7-19(14)10-16(20)17-12(2)15-6-4-8-21-15/h4,6,8-9,12,14H,3,5,7,10H2,1-2H3,(H,17,20)/t12-,14-/m1/s1. The topological polar surface area (TPSA) is 71.5 Å². The van der Waals surface area contributed by atoms with Crippen molar-refractivity contribution in [3.05, 3.63) is 41.7 Å². The zero-order valence-corrected chi connectivity index (χ0v) is 12.9. The number of likely N-dealkylation sites (tertiary alicyclic amines) is 1. The molecule has 2 atom stereocenters. The molecule has 0 bridgehead atoms. The van der Waals surface area contributed by atoms with E-state index in [9.17, 15) is 4.79 Å². The molecule has 0 radical (unpaired) electrons. The highest BCUT2D eigenvalue weighted by atomic mass is 16.5. The first-order valence-corrected chi connectivity index (χ1v) is 7.63. The third-order valence-corrected chi connectivity index (χ3v) is 4.05. The smallest absolute Gasteiger partial charge is 0.234 e. The van der Waals surface area contributed by atoms with E-state index in [1.54, 1.807) is 6.26 Å². The van der Waals surface area contributed by atoms with Crippen LogP contribution in [0.3, 0.4) is 0 Å². The van der Waals surface area contributed by atoms with E-state index < -0.39 is 0 Å². The van der Waals surface area contributed by atoms with Gasteiger partial charge in [-0.2, -0.15) is 0 Å². The van der Waals surface area contributed by atoms with Crippen LogP contribution in [0.15, 0.2) is 33.4 Å². The lowest BCUT2D eigenvalue weighted by atomic mass is 10.1. The van der Waals surface area contributed by atoms with E-state index in [0.717, 1.165) is 36.6 Å². The van der Waals surface area contributed by atoms with Gasteiger partial charge in [-0.1, -0.05) is 5.16 Å². The Balaban J connectivity index is 1.58. The zero-order chi connectivity index (χ0) is 15.5. The molecule has 0 aromatic carbocycles. The Morgan fingerprint density at radius 3 is 3.14 bits per heavy atom. The summed E-state index contributed by atoms with van der Waals surface area (Å²) in [5, 5.41) is 7.06. The maximum atomic E-state index is 12.2. The van der Waals surface area contributed by atoms with Gasteiger partial charge in [0.05, 0.1) is 24.9 Å².